The lowest BCUT2D eigenvalue weighted by molar-refractivity contribution is -0.133. The van der Waals surface area contributed by atoms with E-state index < -0.39 is 6.04 Å². The molecule has 2 N–H and O–H groups in total. The number of hydrogen-bond donors (Lipinski definition) is 1. The maximum Gasteiger partial charge on any atom is 0.245 e. The zero-order chi connectivity index (χ0) is 13.9. The van der Waals surface area contributed by atoms with Crippen LogP contribution >= 0.6 is 11.3 Å². The van der Waals surface area contributed by atoms with Crippen LogP contribution in [0.4, 0.5) is 0 Å². The third-order valence-corrected chi connectivity index (χ3v) is 4.34. The molecule has 20 heavy (non-hydrogen) atoms. The lowest BCUT2D eigenvalue weighted by atomic mass is 10.1. The number of benzene rings is 1. The van der Waals surface area contributed by atoms with E-state index in [0.717, 1.165) is 16.2 Å². The van der Waals surface area contributed by atoms with E-state index in [1.54, 1.807) is 4.90 Å². The molecule has 0 fully saturated rings. The third-order valence-electron chi connectivity index (χ3n) is 3.38. The van der Waals surface area contributed by atoms with Gasteiger partial charge in [0.1, 0.15) is 18.4 Å². The molecule has 1 aliphatic heterocycles. The summed E-state index contributed by atoms with van der Waals surface area (Å²) in [6.07, 6.45) is 0. The normalized spacial score (nSPS) is 15.9. The number of carbonyl (C=O) groups excluding carboxylic acids is 1. The van der Waals surface area contributed by atoms with Crippen LogP contribution in [0.25, 0.3) is 0 Å². The number of carbonyl (C=O) groups is 1. The van der Waals surface area contributed by atoms with Gasteiger partial charge in [-0.1, -0.05) is 24.3 Å². The molecule has 3 rings (SSSR count). The second-order valence-corrected chi connectivity index (χ2v) is 5.69. The molecular formula is C15H16N2O2S. The average molecular weight is 288 g/mol. The molecule has 1 unspecified atom stereocenters. The van der Waals surface area contributed by atoms with Gasteiger partial charge >= 0.3 is 0 Å². The van der Waals surface area contributed by atoms with Crippen molar-refractivity contribution in [2.45, 2.75) is 12.6 Å². The number of thiophene rings is 1. The predicted octanol–water partition coefficient (Wildman–Crippen LogP) is 2.17. The fourth-order valence-electron chi connectivity index (χ4n) is 2.30. The van der Waals surface area contributed by atoms with Crippen LogP contribution in [0.3, 0.4) is 0 Å². The molecule has 2 heterocycles. The van der Waals surface area contributed by atoms with E-state index in [1.165, 1.54) is 11.3 Å². The number of hydrogen-bond acceptors (Lipinski definition) is 4. The Morgan fingerprint density at radius 2 is 2.15 bits per heavy atom. The monoisotopic (exact) mass is 288 g/mol. The molecule has 1 atom stereocenters. The first-order chi connectivity index (χ1) is 9.75. The van der Waals surface area contributed by atoms with E-state index in [4.69, 9.17) is 10.5 Å². The Hall–Kier alpha value is -1.85. The zero-order valence-electron chi connectivity index (χ0n) is 11.0. The molecule has 2 aromatic rings. The Kier molecular flexibility index (Phi) is 3.71. The molecular weight excluding hydrogens is 272 g/mol. The zero-order valence-corrected chi connectivity index (χ0v) is 11.8. The molecule has 0 bridgehead atoms. The quantitative estimate of drug-likeness (QED) is 0.921. The highest BCUT2D eigenvalue weighted by atomic mass is 32.1. The van der Waals surface area contributed by atoms with Crippen LogP contribution in [-0.4, -0.2) is 24.0 Å². The van der Waals surface area contributed by atoms with Crippen LogP contribution in [0.2, 0.25) is 0 Å². The summed E-state index contributed by atoms with van der Waals surface area (Å²) >= 11 is 1.51. The minimum absolute atomic E-state index is 0.0484. The summed E-state index contributed by atoms with van der Waals surface area (Å²) < 4.78 is 5.67. The summed E-state index contributed by atoms with van der Waals surface area (Å²) in [5, 5.41) is 1.93. The van der Waals surface area contributed by atoms with Crippen LogP contribution in [0.15, 0.2) is 41.8 Å². The second-order valence-electron chi connectivity index (χ2n) is 4.71. The molecule has 0 aliphatic carbocycles. The topological polar surface area (TPSA) is 55.6 Å². The minimum atomic E-state index is -0.583. The maximum atomic E-state index is 12.5. The highest BCUT2D eigenvalue weighted by molar-refractivity contribution is 7.10. The van der Waals surface area contributed by atoms with Gasteiger partial charge in [-0.05, 0) is 17.5 Å². The van der Waals surface area contributed by atoms with Crippen molar-refractivity contribution in [1.29, 1.82) is 0 Å². The summed E-state index contributed by atoms with van der Waals surface area (Å²) in [6, 6.07) is 11.0. The Morgan fingerprint density at radius 1 is 1.30 bits per heavy atom. The number of rotatable bonds is 2. The second kappa shape index (κ2) is 5.64. The summed E-state index contributed by atoms with van der Waals surface area (Å²) in [7, 11) is 0. The van der Waals surface area contributed by atoms with Crippen LogP contribution in [0, 0.1) is 0 Å². The van der Waals surface area contributed by atoms with Crippen LogP contribution in [0.5, 0.6) is 5.75 Å². The molecule has 1 aromatic carbocycles. The Bertz CT molecular complexity index is 598. The van der Waals surface area contributed by atoms with Gasteiger partial charge in [0.25, 0.3) is 0 Å². The Morgan fingerprint density at radius 3 is 2.95 bits per heavy atom. The van der Waals surface area contributed by atoms with E-state index in [0.29, 0.717) is 19.7 Å². The van der Waals surface area contributed by atoms with Crippen LogP contribution in [-0.2, 0) is 11.3 Å². The number of ether oxygens (including phenoxy) is 1. The molecule has 0 saturated carbocycles. The summed E-state index contributed by atoms with van der Waals surface area (Å²) in [5.41, 5.74) is 7.09. The maximum absolute atomic E-state index is 12.5. The van der Waals surface area contributed by atoms with Gasteiger partial charge in [-0.15, -0.1) is 11.3 Å². The molecule has 1 aromatic heterocycles. The number of amides is 1. The van der Waals surface area contributed by atoms with Gasteiger partial charge in [-0.3, -0.25) is 4.79 Å². The number of para-hydroxylation sites is 1. The van der Waals surface area contributed by atoms with E-state index in [-0.39, 0.29) is 5.91 Å². The van der Waals surface area contributed by atoms with Gasteiger partial charge in [0, 0.05) is 17.0 Å². The number of fused-ring (bicyclic) bond motifs is 1. The minimum Gasteiger partial charge on any atom is -0.491 e. The third kappa shape index (κ3) is 2.55. The summed E-state index contributed by atoms with van der Waals surface area (Å²) in [5.74, 6) is 0.806. The van der Waals surface area contributed by atoms with Gasteiger partial charge in [0.15, 0.2) is 0 Å². The number of nitrogens with two attached hydrogens (primary N) is 1. The van der Waals surface area contributed by atoms with E-state index in [1.807, 2.05) is 41.8 Å². The van der Waals surface area contributed by atoms with Gasteiger partial charge in [-0.25, -0.2) is 0 Å². The van der Waals surface area contributed by atoms with Crippen LogP contribution in [0.1, 0.15) is 16.5 Å². The van der Waals surface area contributed by atoms with Crippen molar-refractivity contribution < 1.29 is 9.53 Å². The fourth-order valence-corrected chi connectivity index (χ4v) is 3.02. The smallest absolute Gasteiger partial charge is 0.245 e. The van der Waals surface area contributed by atoms with Crippen molar-refractivity contribution in [1.82, 2.24) is 4.90 Å². The van der Waals surface area contributed by atoms with Gasteiger partial charge in [0.05, 0.1) is 6.54 Å². The van der Waals surface area contributed by atoms with Crippen molar-refractivity contribution in [3.05, 3.63) is 52.2 Å². The largest absolute Gasteiger partial charge is 0.491 e. The summed E-state index contributed by atoms with van der Waals surface area (Å²) in [4.78, 5) is 15.2. The highest BCUT2D eigenvalue weighted by Gasteiger charge is 2.25. The summed E-state index contributed by atoms with van der Waals surface area (Å²) in [6.45, 7) is 1.61. The molecule has 4 nitrogen and oxygen atoms in total. The van der Waals surface area contributed by atoms with Gasteiger partial charge in [-0.2, -0.15) is 0 Å². The lowest BCUT2D eigenvalue weighted by Crippen LogP contribution is -2.39. The molecule has 1 aliphatic rings. The Balaban J connectivity index is 1.79. The lowest BCUT2D eigenvalue weighted by Gasteiger charge is -2.23. The predicted molar refractivity (Wildman–Crippen MR) is 78.6 cm³/mol. The first-order valence-corrected chi connectivity index (χ1v) is 7.42. The first kappa shape index (κ1) is 13.1. The molecule has 0 radical (unpaired) electrons. The van der Waals surface area contributed by atoms with E-state index >= 15 is 0 Å². The highest BCUT2D eigenvalue weighted by Crippen LogP contribution is 2.25. The van der Waals surface area contributed by atoms with E-state index in [2.05, 4.69) is 0 Å². The van der Waals surface area contributed by atoms with Crippen molar-refractivity contribution in [2.24, 2.45) is 5.73 Å². The van der Waals surface area contributed by atoms with Crippen molar-refractivity contribution in [2.75, 3.05) is 13.2 Å². The van der Waals surface area contributed by atoms with Crippen molar-refractivity contribution in [3.63, 3.8) is 0 Å². The fraction of sp³-hybridized carbons (Fsp3) is 0.267. The van der Waals surface area contributed by atoms with Crippen LogP contribution < -0.4 is 10.5 Å². The van der Waals surface area contributed by atoms with E-state index in [9.17, 15) is 4.79 Å². The molecule has 0 spiro atoms. The van der Waals surface area contributed by atoms with Crippen molar-refractivity contribution in [3.8, 4) is 5.75 Å². The Labute approximate surface area is 121 Å². The average Bonchev–Trinajstić information content (AvgIpc) is 2.92. The SMILES string of the molecule is NC(C(=O)N1CCOc2ccccc2C1)c1cccs1. The molecule has 0 saturated heterocycles. The molecule has 104 valence electrons. The van der Waals surface area contributed by atoms with Gasteiger partial charge < -0.3 is 15.4 Å². The number of nitrogens with zero attached hydrogens (tertiary/aromatic N) is 1. The standard InChI is InChI=1S/C15H16N2O2S/c16-14(13-6-3-9-20-13)15(18)17-7-8-19-12-5-2-1-4-11(12)10-17/h1-6,9,14H,7-8,10,16H2. The molecule has 5 heteroatoms. The van der Waals surface area contributed by atoms with Gasteiger partial charge in [0.2, 0.25) is 5.91 Å². The van der Waals surface area contributed by atoms with Crippen molar-refractivity contribution >= 4 is 17.2 Å². The first-order valence-electron chi connectivity index (χ1n) is 6.54. The molecule has 1 amide bonds.